The van der Waals surface area contributed by atoms with Gasteiger partial charge in [-0.15, -0.1) is 11.8 Å². The Morgan fingerprint density at radius 2 is 1.66 bits per heavy atom. The van der Waals surface area contributed by atoms with E-state index in [2.05, 4.69) is 5.32 Å². The Balaban J connectivity index is 2.12. The van der Waals surface area contributed by atoms with Crippen LogP contribution in [-0.4, -0.2) is 57.1 Å². The van der Waals surface area contributed by atoms with Gasteiger partial charge < -0.3 is 15.0 Å². The van der Waals surface area contributed by atoms with Gasteiger partial charge in [-0.05, 0) is 79.6 Å². The summed E-state index contributed by atoms with van der Waals surface area (Å²) in [4.78, 5) is 30.0. The third kappa shape index (κ3) is 9.06. The first-order valence-electron chi connectivity index (χ1n) is 14.3. The summed E-state index contributed by atoms with van der Waals surface area (Å²) in [6.07, 6.45) is 2.20. The fourth-order valence-electron chi connectivity index (χ4n) is 4.51. The van der Waals surface area contributed by atoms with Crippen molar-refractivity contribution in [3.8, 4) is 5.75 Å². The van der Waals surface area contributed by atoms with Crippen LogP contribution >= 0.6 is 35.0 Å². The number of ether oxygens (including phenoxy) is 1. The van der Waals surface area contributed by atoms with Crippen molar-refractivity contribution < 1.29 is 22.7 Å². The van der Waals surface area contributed by atoms with E-state index in [1.54, 1.807) is 68.4 Å². The quantitative estimate of drug-likeness (QED) is 0.176. The molecule has 238 valence electrons. The minimum atomic E-state index is -4.25. The molecule has 2 amide bonds. The van der Waals surface area contributed by atoms with Crippen molar-refractivity contribution in [1.82, 2.24) is 10.2 Å². The fraction of sp³-hybridized carbons (Fsp3) is 0.375. The van der Waals surface area contributed by atoms with E-state index in [9.17, 15) is 18.0 Å². The molecule has 0 bridgehead atoms. The van der Waals surface area contributed by atoms with Crippen LogP contribution in [0.3, 0.4) is 0 Å². The maximum atomic E-state index is 14.3. The molecule has 0 spiro atoms. The Bertz CT molecular complexity index is 1540. The number of benzene rings is 3. The molecule has 12 heteroatoms. The van der Waals surface area contributed by atoms with Crippen molar-refractivity contribution in [2.75, 3.05) is 30.3 Å². The summed E-state index contributed by atoms with van der Waals surface area (Å²) >= 11 is 13.9. The van der Waals surface area contributed by atoms with E-state index < -0.39 is 28.5 Å². The van der Waals surface area contributed by atoms with Crippen molar-refractivity contribution in [2.24, 2.45) is 5.92 Å². The highest BCUT2D eigenvalue weighted by molar-refractivity contribution is 7.98. The van der Waals surface area contributed by atoms with Crippen molar-refractivity contribution in [1.29, 1.82) is 0 Å². The molecule has 0 unspecified atom stereocenters. The predicted molar refractivity (Wildman–Crippen MR) is 179 cm³/mol. The normalized spacial score (nSPS) is 12.1. The largest absolute Gasteiger partial charge is 0.492 e. The summed E-state index contributed by atoms with van der Waals surface area (Å²) < 4.78 is 35.3. The molecule has 1 N–H and O–H groups in total. The maximum absolute atomic E-state index is 14.3. The topological polar surface area (TPSA) is 96.0 Å². The first kappa shape index (κ1) is 35.6. The summed E-state index contributed by atoms with van der Waals surface area (Å²) in [5, 5.41) is 3.58. The van der Waals surface area contributed by atoms with Crippen molar-refractivity contribution in [3.05, 3.63) is 82.3 Å². The number of hydrogen-bond acceptors (Lipinski definition) is 6. The van der Waals surface area contributed by atoms with E-state index in [-0.39, 0.29) is 29.0 Å². The molecule has 44 heavy (non-hydrogen) atoms. The number of anilines is 1. The smallest absolute Gasteiger partial charge is 0.264 e. The van der Waals surface area contributed by atoms with E-state index in [0.29, 0.717) is 40.9 Å². The van der Waals surface area contributed by atoms with Gasteiger partial charge in [0.05, 0.1) is 27.2 Å². The van der Waals surface area contributed by atoms with Crippen molar-refractivity contribution in [2.45, 2.75) is 56.5 Å². The second kappa shape index (κ2) is 16.4. The molecular weight excluding hydrogens is 641 g/mol. The van der Waals surface area contributed by atoms with Crippen LogP contribution in [0.15, 0.2) is 76.5 Å². The van der Waals surface area contributed by atoms with Crippen LogP contribution in [0.4, 0.5) is 5.69 Å². The number of halogens is 2. The Labute approximate surface area is 275 Å². The molecule has 0 aliphatic rings. The molecule has 3 aromatic rings. The number of rotatable bonds is 15. The Hall–Kier alpha value is -2.92. The van der Waals surface area contributed by atoms with Gasteiger partial charge in [0.1, 0.15) is 18.3 Å². The number of carbonyl (C=O) groups is 2. The zero-order valence-corrected chi connectivity index (χ0v) is 28.7. The van der Waals surface area contributed by atoms with Gasteiger partial charge in [-0.25, -0.2) is 8.42 Å². The monoisotopic (exact) mass is 679 g/mol. The molecule has 0 aliphatic carbocycles. The summed E-state index contributed by atoms with van der Waals surface area (Å²) in [6, 6.07) is 17.2. The highest BCUT2D eigenvalue weighted by Gasteiger charge is 2.35. The minimum Gasteiger partial charge on any atom is -0.492 e. The van der Waals surface area contributed by atoms with Crippen LogP contribution < -0.4 is 14.4 Å². The lowest BCUT2D eigenvalue weighted by Gasteiger charge is -2.33. The molecule has 0 heterocycles. The van der Waals surface area contributed by atoms with Gasteiger partial charge in [-0.2, -0.15) is 0 Å². The van der Waals surface area contributed by atoms with E-state index in [1.807, 2.05) is 20.1 Å². The molecule has 3 rings (SSSR count). The van der Waals surface area contributed by atoms with E-state index >= 15 is 0 Å². The SMILES string of the molecule is CCOc1ccccc1N(CC(=O)N(Cc1ccc(Cl)c(Cl)c1)[C@@H](CC)C(=O)NCC(C)C)S(=O)(=O)c1ccc(SC)cc1. The number of amides is 2. The molecule has 0 aromatic heterocycles. The van der Waals surface area contributed by atoms with Crippen LogP contribution in [-0.2, 0) is 26.2 Å². The number of carbonyl (C=O) groups excluding carboxylic acids is 2. The Morgan fingerprint density at radius 3 is 2.25 bits per heavy atom. The van der Waals surface area contributed by atoms with Crippen molar-refractivity contribution in [3.63, 3.8) is 0 Å². The summed E-state index contributed by atoms with van der Waals surface area (Å²) in [6.45, 7) is 7.70. The molecular formula is C32H39Cl2N3O5S2. The van der Waals surface area contributed by atoms with Crippen LogP contribution in [0.5, 0.6) is 5.75 Å². The maximum Gasteiger partial charge on any atom is 0.264 e. The number of thioether (sulfide) groups is 1. The average Bonchev–Trinajstić information content (AvgIpc) is 3.00. The van der Waals surface area contributed by atoms with Crippen LogP contribution in [0.1, 0.15) is 39.7 Å². The predicted octanol–water partition coefficient (Wildman–Crippen LogP) is 6.89. The molecule has 8 nitrogen and oxygen atoms in total. The third-order valence-corrected chi connectivity index (χ3v) is 10.0. The van der Waals surface area contributed by atoms with Gasteiger partial charge >= 0.3 is 0 Å². The number of sulfonamides is 1. The van der Waals surface area contributed by atoms with Gasteiger partial charge in [0.2, 0.25) is 11.8 Å². The van der Waals surface area contributed by atoms with Gasteiger partial charge in [0.25, 0.3) is 10.0 Å². The van der Waals surface area contributed by atoms with Crippen molar-refractivity contribution >= 4 is 62.5 Å². The van der Waals surface area contributed by atoms with Crippen LogP contribution in [0, 0.1) is 5.92 Å². The first-order valence-corrected chi connectivity index (χ1v) is 17.7. The van der Waals surface area contributed by atoms with Gasteiger partial charge in [0, 0.05) is 18.0 Å². The van der Waals surface area contributed by atoms with Crippen LogP contribution in [0.2, 0.25) is 10.0 Å². The second-order valence-electron chi connectivity index (χ2n) is 10.4. The summed E-state index contributed by atoms with van der Waals surface area (Å²) in [7, 11) is -4.25. The van der Waals surface area contributed by atoms with Gasteiger partial charge in [-0.3, -0.25) is 13.9 Å². The van der Waals surface area contributed by atoms with E-state index in [0.717, 1.165) is 9.20 Å². The summed E-state index contributed by atoms with van der Waals surface area (Å²) in [5.74, 6) is -0.390. The number of nitrogens with zero attached hydrogens (tertiary/aromatic N) is 2. The lowest BCUT2D eigenvalue weighted by atomic mass is 10.1. The number of nitrogens with one attached hydrogen (secondary N) is 1. The van der Waals surface area contributed by atoms with Crippen LogP contribution in [0.25, 0.3) is 0 Å². The Morgan fingerprint density at radius 1 is 0.977 bits per heavy atom. The molecule has 3 aromatic carbocycles. The second-order valence-corrected chi connectivity index (χ2v) is 14.0. The lowest BCUT2D eigenvalue weighted by Crippen LogP contribution is -2.52. The summed E-state index contributed by atoms with van der Waals surface area (Å²) in [5.41, 5.74) is 0.850. The zero-order chi connectivity index (χ0) is 32.4. The number of hydrogen-bond donors (Lipinski definition) is 1. The highest BCUT2D eigenvalue weighted by atomic mass is 35.5. The highest BCUT2D eigenvalue weighted by Crippen LogP contribution is 2.33. The lowest BCUT2D eigenvalue weighted by molar-refractivity contribution is -0.140. The van der Waals surface area contributed by atoms with Gasteiger partial charge in [0.15, 0.2) is 0 Å². The Kier molecular flexibility index (Phi) is 13.3. The molecule has 0 saturated carbocycles. The van der Waals surface area contributed by atoms with Gasteiger partial charge in [-0.1, -0.05) is 62.2 Å². The molecule has 1 atom stereocenters. The molecule has 0 radical (unpaired) electrons. The molecule has 0 saturated heterocycles. The molecule has 0 aliphatic heterocycles. The molecule has 0 fully saturated rings. The van der Waals surface area contributed by atoms with E-state index in [1.165, 1.54) is 28.8 Å². The zero-order valence-electron chi connectivity index (χ0n) is 25.5. The number of para-hydroxylation sites is 2. The average molecular weight is 681 g/mol. The first-order chi connectivity index (χ1) is 20.9. The standard InChI is InChI=1S/C32H39Cl2N3O5S2/c1-6-28(32(39)35-19-22(3)4)36(20-23-12-17-26(33)27(34)18-23)31(38)21-37(29-10-8-9-11-30(29)42-7-2)44(40,41)25-15-13-24(43-5)14-16-25/h8-18,22,28H,6-7,19-21H2,1-5H3,(H,35,39)/t28-/m0/s1. The third-order valence-electron chi connectivity index (χ3n) is 6.77. The van der Waals surface area contributed by atoms with E-state index in [4.69, 9.17) is 27.9 Å². The fourth-order valence-corrected chi connectivity index (χ4v) is 6.66. The minimum absolute atomic E-state index is 0.00669.